The van der Waals surface area contributed by atoms with E-state index in [-0.39, 0.29) is 12.6 Å². The summed E-state index contributed by atoms with van der Waals surface area (Å²) in [7, 11) is 1.37. The number of methoxy groups -OCH3 is 1. The molecule has 2 aromatic carbocycles. The Morgan fingerprint density at radius 3 is 2.44 bits per heavy atom. The van der Waals surface area contributed by atoms with Gasteiger partial charge in [-0.1, -0.05) is 42.5 Å². The summed E-state index contributed by atoms with van der Waals surface area (Å²) in [6.07, 6.45) is 0.427. The molecule has 0 fully saturated rings. The molecular formula is C20H21NO4. The van der Waals surface area contributed by atoms with E-state index in [1.54, 1.807) is 6.92 Å². The molecule has 0 bridgehead atoms. The summed E-state index contributed by atoms with van der Waals surface area (Å²) in [5.74, 6) is 0.907. The van der Waals surface area contributed by atoms with E-state index in [1.165, 1.54) is 7.11 Å². The van der Waals surface area contributed by atoms with Crippen LogP contribution in [0.15, 0.2) is 59.6 Å². The van der Waals surface area contributed by atoms with Crippen molar-refractivity contribution in [2.75, 3.05) is 13.7 Å². The molecule has 0 amide bonds. The minimum absolute atomic E-state index is 0.206. The van der Waals surface area contributed by atoms with Crippen molar-refractivity contribution >= 4 is 11.9 Å². The summed E-state index contributed by atoms with van der Waals surface area (Å²) in [5.41, 5.74) is 1.09. The number of aliphatic imine (C=N–C) groups is 1. The third kappa shape index (κ3) is 3.99. The Hall–Kier alpha value is -2.82. The monoisotopic (exact) mass is 339 g/mol. The normalized spacial score (nSPS) is 19.0. The van der Waals surface area contributed by atoms with Crippen LogP contribution in [-0.4, -0.2) is 31.1 Å². The lowest BCUT2D eigenvalue weighted by Crippen LogP contribution is -2.41. The van der Waals surface area contributed by atoms with Gasteiger partial charge in [0, 0.05) is 13.3 Å². The fourth-order valence-corrected chi connectivity index (χ4v) is 2.83. The molecule has 2 aromatic rings. The van der Waals surface area contributed by atoms with Gasteiger partial charge in [-0.25, -0.2) is 9.79 Å². The predicted molar refractivity (Wildman–Crippen MR) is 94.7 cm³/mol. The molecule has 0 saturated carbocycles. The minimum atomic E-state index is -0.995. The Balaban J connectivity index is 1.66. The average Bonchev–Trinajstić information content (AvgIpc) is 3.03. The van der Waals surface area contributed by atoms with E-state index in [4.69, 9.17) is 14.2 Å². The number of nitrogens with zero attached hydrogens (tertiary/aromatic N) is 1. The standard InChI is InChI=1S/C20H21NO4/c1-15-21-20(14-25-15,19(22)23-2)12-16-8-10-18(11-9-16)24-13-17-6-4-3-5-7-17/h3-11H,12-14H2,1-2H3. The fourth-order valence-electron chi connectivity index (χ4n) is 2.83. The molecule has 1 atom stereocenters. The second-order valence-electron chi connectivity index (χ2n) is 6.04. The largest absolute Gasteiger partial charge is 0.489 e. The summed E-state index contributed by atoms with van der Waals surface area (Å²) in [6, 6.07) is 17.7. The fraction of sp³-hybridized carbons (Fsp3) is 0.300. The first kappa shape index (κ1) is 17.0. The Labute approximate surface area is 147 Å². The van der Waals surface area contributed by atoms with Gasteiger partial charge in [0.2, 0.25) is 0 Å². The third-order valence-electron chi connectivity index (χ3n) is 4.12. The third-order valence-corrected chi connectivity index (χ3v) is 4.12. The second-order valence-corrected chi connectivity index (χ2v) is 6.04. The van der Waals surface area contributed by atoms with Crippen LogP contribution in [0.1, 0.15) is 18.1 Å². The lowest BCUT2D eigenvalue weighted by atomic mass is 9.92. The first-order valence-electron chi connectivity index (χ1n) is 8.15. The van der Waals surface area contributed by atoms with E-state index in [2.05, 4.69) is 4.99 Å². The maximum atomic E-state index is 12.2. The molecule has 1 aliphatic rings. The number of benzene rings is 2. The van der Waals surface area contributed by atoms with Gasteiger partial charge in [0.1, 0.15) is 19.0 Å². The summed E-state index contributed by atoms with van der Waals surface area (Å²) in [6.45, 7) is 2.46. The summed E-state index contributed by atoms with van der Waals surface area (Å²) in [4.78, 5) is 16.6. The van der Waals surface area contributed by atoms with Gasteiger partial charge in [0.25, 0.3) is 0 Å². The molecule has 130 valence electrons. The van der Waals surface area contributed by atoms with Crippen LogP contribution in [0.2, 0.25) is 0 Å². The van der Waals surface area contributed by atoms with Crippen molar-refractivity contribution in [3.8, 4) is 5.75 Å². The Morgan fingerprint density at radius 1 is 1.12 bits per heavy atom. The molecule has 0 aliphatic carbocycles. The Bertz CT molecular complexity index is 755. The molecule has 25 heavy (non-hydrogen) atoms. The summed E-state index contributed by atoms with van der Waals surface area (Å²) >= 11 is 0. The number of esters is 1. The van der Waals surface area contributed by atoms with Gasteiger partial charge in [0.15, 0.2) is 11.4 Å². The van der Waals surface area contributed by atoms with Crippen molar-refractivity contribution in [1.82, 2.24) is 0 Å². The first-order chi connectivity index (χ1) is 12.1. The van der Waals surface area contributed by atoms with Crippen LogP contribution in [0.3, 0.4) is 0 Å². The topological polar surface area (TPSA) is 57.1 Å². The predicted octanol–water partition coefficient (Wildman–Crippen LogP) is 3.17. The van der Waals surface area contributed by atoms with Crippen LogP contribution in [0.25, 0.3) is 0 Å². The second kappa shape index (κ2) is 7.38. The molecule has 1 heterocycles. The number of ether oxygens (including phenoxy) is 3. The zero-order valence-corrected chi connectivity index (χ0v) is 14.4. The highest BCUT2D eigenvalue weighted by Gasteiger charge is 2.44. The lowest BCUT2D eigenvalue weighted by Gasteiger charge is -2.21. The smallest absolute Gasteiger partial charge is 0.337 e. The van der Waals surface area contributed by atoms with E-state index in [9.17, 15) is 4.79 Å². The maximum absolute atomic E-state index is 12.2. The highest BCUT2D eigenvalue weighted by molar-refractivity contribution is 5.88. The lowest BCUT2D eigenvalue weighted by molar-refractivity contribution is -0.147. The van der Waals surface area contributed by atoms with Crippen molar-refractivity contribution in [1.29, 1.82) is 0 Å². The van der Waals surface area contributed by atoms with Crippen molar-refractivity contribution in [2.45, 2.75) is 25.5 Å². The molecule has 5 heteroatoms. The molecular weight excluding hydrogens is 318 g/mol. The van der Waals surface area contributed by atoms with Gasteiger partial charge < -0.3 is 14.2 Å². The molecule has 1 aliphatic heterocycles. The number of hydrogen-bond donors (Lipinski definition) is 0. The molecule has 1 unspecified atom stereocenters. The molecule has 0 aromatic heterocycles. The highest BCUT2D eigenvalue weighted by atomic mass is 16.5. The average molecular weight is 339 g/mol. The SMILES string of the molecule is COC(=O)C1(Cc2ccc(OCc3ccccc3)cc2)COC(C)=N1. The molecule has 0 spiro atoms. The molecule has 0 N–H and O–H groups in total. The van der Waals surface area contributed by atoms with Crippen LogP contribution in [0.4, 0.5) is 0 Å². The molecule has 0 saturated heterocycles. The van der Waals surface area contributed by atoms with Gasteiger partial charge in [-0.15, -0.1) is 0 Å². The zero-order chi connectivity index (χ0) is 17.7. The van der Waals surface area contributed by atoms with Crippen molar-refractivity contribution in [2.24, 2.45) is 4.99 Å². The number of hydrogen-bond acceptors (Lipinski definition) is 5. The van der Waals surface area contributed by atoms with Gasteiger partial charge in [0.05, 0.1) is 7.11 Å². The number of carbonyl (C=O) groups excluding carboxylic acids is 1. The number of carbonyl (C=O) groups is 1. The van der Waals surface area contributed by atoms with Gasteiger partial charge in [-0.2, -0.15) is 0 Å². The molecule has 5 nitrogen and oxygen atoms in total. The number of rotatable bonds is 6. The van der Waals surface area contributed by atoms with E-state index < -0.39 is 5.54 Å². The van der Waals surface area contributed by atoms with E-state index >= 15 is 0 Å². The molecule has 0 radical (unpaired) electrons. The van der Waals surface area contributed by atoms with Crippen LogP contribution >= 0.6 is 0 Å². The van der Waals surface area contributed by atoms with Crippen molar-refractivity contribution < 1.29 is 19.0 Å². The van der Waals surface area contributed by atoms with E-state index in [0.29, 0.717) is 18.9 Å². The van der Waals surface area contributed by atoms with Crippen molar-refractivity contribution in [3.05, 3.63) is 65.7 Å². The van der Waals surface area contributed by atoms with Crippen LogP contribution in [-0.2, 0) is 27.3 Å². The molecule has 3 rings (SSSR count). The van der Waals surface area contributed by atoms with E-state index in [0.717, 1.165) is 16.9 Å². The summed E-state index contributed by atoms with van der Waals surface area (Å²) < 4.78 is 16.1. The summed E-state index contributed by atoms with van der Waals surface area (Å²) in [5, 5.41) is 0. The van der Waals surface area contributed by atoms with Gasteiger partial charge in [-0.05, 0) is 23.3 Å². The van der Waals surface area contributed by atoms with E-state index in [1.807, 2.05) is 54.6 Å². The highest BCUT2D eigenvalue weighted by Crippen LogP contribution is 2.26. The van der Waals surface area contributed by atoms with Crippen LogP contribution < -0.4 is 4.74 Å². The van der Waals surface area contributed by atoms with Crippen LogP contribution in [0, 0.1) is 0 Å². The quantitative estimate of drug-likeness (QED) is 0.759. The minimum Gasteiger partial charge on any atom is -0.489 e. The Kier molecular flexibility index (Phi) is 5.03. The Morgan fingerprint density at radius 2 is 1.84 bits per heavy atom. The maximum Gasteiger partial charge on any atom is 0.337 e. The van der Waals surface area contributed by atoms with Gasteiger partial charge in [-0.3, -0.25) is 0 Å². The first-order valence-corrected chi connectivity index (χ1v) is 8.15. The van der Waals surface area contributed by atoms with Gasteiger partial charge >= 0.3 is 5.97 Å². The van der Waals surface area contributed by atoms with Crippen molar-refractivity contribution in [3.63, 3.8) is 0 Å². The zero-order valence-electron chi connectivity index (χ0n) is 14.4. The van der Waals surface area contributed by atoms with Crippen LogP contribution in [0.5, 0.6) is 5.75 Å².